The molecule has 0 atom stereocenters. The Balaban J connectivity index is 2.34. The zero-order valence-corrected chi connectivity index (χ0v) is 9.67. The van der Waals surface area contributed by atoms with Crippen molar-refractivity contribution in [3.8, 4) is 6.07 Å². The summed E-state index contributed by atoms with van der Waals surface area (Å²) in [5, 5.41) is 12.6. The third kappa shape index (κ3) is 2.15. The molecule has 2 aromatic rings. The Labute approximate surface area is 97.0 Å². The van der Waals surface area contributed by atoms with E-state index in [2.05, 4.69) is 25.7 Å². The summed E-state index contributed by atoms with van der Waals surface area (Å²) in [4.78, 5) is 8.41. The van der Waals surface area contributed by atoms with E-state index < -0.39 is 0 Å². The first-order valence-electron chi connectivity index (χ1n) is 4.64. The third-order valence-corrected chi connectivity index (χ3v) is 2.63. The normalized spacial score (nSPS) is 9.81. The van der Waals surface area contributed by atoms with Crippen LogP contribution in [0.25, 0.3) is 0 Å². The Morgan fingerprint density at radius 2 is 2.12 bits per heavy atom. The first kappa shape index (κ1) is 10.5. The van der Waals surface area contributed by atoms with Crippen molar-refractivity contribution in [2.24, 2.45) is 0 Å². The number of nitrogens with one attached hydrogen (secondary N) is 1. The highest BCUT2D eigenvalue weighted by Crippen LogP contribution is 2.19. The first-order valence-corrected chi connectivity index (χ1v) is 5.41. The van der Waals surface area contributed by atoms with Crippen LogP contribution in [0.3, 0.4) is 0 Å². The molecule has 2 rings (SSSR count). The predicted molar refractivity (Wildman–Crippen MR) is 61.6 cm³/mol. The minimum Gasteiger partial charge on any atom is -0.314 e. The molecular formula is C10H9N5S. The maximum atomic E-state index is 8.93. The molecule has 2 heterocycles. The molecule has 0 radical (unpaired) electrons. The van der Waals surface area contributed by atoms with E-state index in [0.29, 0.717) is 22.3 Å². The molecule has 5 nitrogen and oxygen atoms in total. The molecule has 0 bridgehead atoms. The molecule has 16 heavy (non-hydrogen) atoms. The monoisotopic (exact) mass is 231 g/mol. The van der Waals surface area contributed by atoms with Crippen LogP contribution >= 0.6 is 11.5 Å². The van der Waals surface area contributed by atoms with E-state index in [1.807, 2.05) is 13.8 Å². The maximum Gasteiger partial charge on any atom is 0.208 e. The van der Waals surface area contributed by atoms with E-state index >= 15 is 0 Å². The highest BCUT2D eigenvalue weighted by molar-refractivity contribution is 7.09. The fraction of sp³-hybridized carbons (Fsp3) is 0.200. The van der Waals surface area contributed by atoms with Crippen LogP contribution in [0.2, 0.25) is 0 Å². The molecule has 0 unspecified atom stereocenters. The van der Waals surface area contributed by atoms with Crippen molar-refractivity contribution in [2.75, 3.05) is 5.32 Å². The Bertz CT molecular complexity index is 555. The van der Waals surface area contributed by atoms with Crippen molar-refractivity contribution < 1.29 is 0 Å². The second-order valence-electron chi connectivity index (χ2n) is 3.23. The highest BCUT2D eigenvalue weighted by atomic mass is 32.1. The van der Waals surface area contributed by atoms with Gasteiger partial charge in [-0.15, -0.1) is 0 Å². The lowest BCUT2D eigenvalue weighted by Gasteiger charge is -2.03. The quantitative estimate of drug-likeness (QED) is 0.857. The average Bonchev–Trinajstić information content (AvgIpc) is 2.64. The fourth-order valence-electron chi connectivity index (χ4n) is 1.19. The number of hydrogen-bond donors (Lipinski definition) is 1. The Hall–Kier alpha value is -2.00. The number of nitriles is 1. The topological polar surface area (TPSA) is 74.5 Å². The van der Waals surface area contributed by atoms with E-state index in [9.17, 15) is 0 Å². The summed E-state index contributed by atoms with van der Waals surface area (Å²) in [7, 11) is 0. The second-order valence-corrected chi connectivity index (χ2v) is 3.98. The average molecular weight is 231 g/mol. The summed E-state index contributed by atoms with van der Waals surface area (Å²) in [6.07, 6.45) is 0. The van der Waals surface area contributed by atoms with E-state index in [-0.39, 0.29) is 0 Å². The Kier molecular flexibility index (Phi) is 2.79. The van der Waals surface area contributed by atoms with Gasteiger partial charge in [0.2, 0.25) is 5.13 Å². The second kappa shape index (κ2) is 4.24. The highest BCUT2D eigenvalue weighted by Gasteiger charge is 2.07. The lowest BCUT2D eigenvalue weighted by molar-refractivity contribution is 1.15. The molecule has 0 fully saturated rings. The van der Waals surface area contributed by atoms with Crippen molar-refractivity contribution in [3.05, 3.63) is 29.2 Å². The molecule has 0 spiro atoms. The van der Waals surface area contributed by atoms with Gasteiger partial charge in [0.15, 0.2) is 0 Å². The van der Waals surface area contributed by atoms with E-state index in [4.69, 9.17) is 5.26 Å². The molecule has 80 valence electrons. The van der Waals surface area contributed by atoms with Gasteiger partial charge in [-0.1, -0.05) is 0 Å². The zero-order valence-electron chi connectivity index (χ0n) is 8.85. The van der Waals surface area contributed by atoms with Crippen LogP contribution < -0.4 is 5.32 Å². The summed E-state index contributed by atoms with van der Waals surface area (Å²) in [6.45, 7) is 3.69. The van der Waals surface area contributed by atoms with Crippen LogP contribution in [0.1, 0.15) is 17.1 Å². The third-order valence-electron chi connectivity index (χ3n) is 1.91. The molecule has 0 aliphatic rings. The number of rotatable bonds is 2. The van der Waals surface area contributed by atoms with Gasteiger partial charge in [0, 0.05) is 17.2 Å². The summed E-state index contributed by atoms with van der Waals surface area (Å²) in [5.41, 5.74) is 1.35. The van der Waals surface area contributed by atoms with Gasteiger partial charge in [-0.25, -0.2) is 9.97 Å². The Morgan fingerprint density at radius 1 is 1.31 bits per heavy atom. The first-order chi connectivity index (χ1) is 7.69. The van der Waals surface area contributed by atoms with Gasteiger partial charge in [-0.3, -0.25) is 0 Å². The largest absolute Gasteiger partial charge is 0.314 e. The van der Waals surface area contributed by atoms with Gasteiger partial charge >= 0.3 is 0 Å². The van der Waals surface area contributed by atoms with Gasteiger partial charge in [0.25, 0.3) is 0 Å². The van der Waals surface area contributed by atoms with E-state index in [1.165, 1.54) is 11.5 Å². The molecular weight excluding hydrogens is 222 g/mol. The van der Waals surface area contributed by atoms with Crippen molar-refractivity contribution in [1.29, 1.82) is 5.26 Å². The molecule has 2 aromatic heterocycles. The van der Waals surface area contributed by atoms with Crippen molar-refractivity contribution >= 4 is 22.5 Å². The smallest absolute Gasteiger partial charge is 0.208 e. The van der Waals surface area contributed by atoms with E-state index in [1.54, 1.807) is 12.1 Å². The molecule has 0 aliphatic carbocycles. The summed E-state index contributed by atoms with van der Waals surface area (Å²) in [5.74, 6) is 1.23. The zero-order chi connectivity index (χ0) is 11.5. The minimum atomic E-state index is 0.499. The van der Waals surface area contributed by atoms with Gasteiger partial charge in [-0.05, 0) is 26.0 Å². The molecule has 0 saturated heterocycles. The molecule has 1 N–H and O–H groups in total. The van der Waals surface area contributed by atoms with Crippen LogP contribution in [0, 0.1) is 25.2 Å². The number of nitrogens with zero attached hydrogens (tertiary/aromatic N) is 4. The van der Waals surface area contributed by atoms with Gasteiger partial charge in [-0.2, -0.15) is 9.64 Å². The van der Waals surface area contributed by atoms with Crippen LogP contribution in [-0.2, 0) is 0 Å². The van der Waals surface area contributed by atoms with Gasteiger partial charge < -0.3 is 5.32 Å². The minimum absolute atomic E-state index is 0.499. The van der Waals surface area contributed by atoms with Crippen molar-refractivity contribution in [3.63, 3.8) is 0 Å². The van der Waals surface area contributed by atoms with Crippen molar-refractivity contribution in [2.45, 2.75) is 13.8 Å². The molecule has 0 amide bonds. The predicted octanol–water partition coefficient (Wildman–Crippen LogP) is 2.17. The number of pyridine rings is 1. The van der Waals surface area contributed by atoms with Gasteiger partial charge in [0.05, 0.1) is 5.56 Å². The SMILES string of the molecule is Cc1ccc(C#N)c(Nc2nc(C)ns2)n1. The standard InChI is InChI=1S/C10H9N5S/c1-6-3-4-8(5-11)9(12-6)14-10-13-7(2)15-16-10/h3-4H,1-2H3,(H,12,13,14,15). The summed E-state index contributed by atoms with van der Waals surface area (Å²) in [6, 6.07) is 5.62. The lowest BCUT2D eigenvalue weighted by atomic mass is 10.2. The molecule has 0 aliphatic heterocycles. The van der Waals surface area contributed by atoms with E-state index in [0.717, 1.165) is 5.69 Å². The Morgan fingerprint density at radius 3 is 2.75 bits per heavy atom. The number of hydrogen-bond acceptors (Lipinski definition) is 6. The van der Waals surface area contributed by atoms with Crippen LogP contribution in [0.5, 0.6) is 0 Å². The molecule has 0 aromatic carbocycles. The molecule has 6 heteroatoms. The van der Waals surface area contributed by atoms with Crippen LogP contribution in [0.4, 0.5) is 10.9 Å². The summed E-state index contributed by atoms with van der Waals surface area (Å²) >= 11 is 1.25. The van der Waals surface area contributed by atoms with Crippen molar-refractivity contribution in [1.82, 2.24) is 14.3 Å². The summed E-state index contributed by atoms with van der Waals surface area (Å²) < 4.78 is 4.05. The number of aryl methyl sites for hydroxylation is 2. The van der Waals surface area contributed by atoms with Crippen LogP contribution in [0.15, 0.2) is 12.1 Å². The maximum absolute atomic E-state index is 8.93. The van der Waals surface area contributed by atoms with Gasteiger partial charge in [0.1, 0.15) is 17.7 Å². The number of aromatic nitrogens is 3. The number of anilines is 2. The van der Waals surface area contributed by atoms with Crippen LogP contribution in [-0.4, -0.2) is 14.3 Å². The lowest BCUT2D eigenvalue weighted by Crippen LogP contribution is -1.97. The molecule has 0 saturated carbocycles. The fourth-order valence-corrected chi connectivity index (χ4v) is 1.77.